The Morgan fingerprint density at radius 3 is 2.65 bits per heavy atom. The zero-order valence-corrected chi connectivity index (χ0v) is 12.7. The molecule has 1 aromatic heterocycles. The van der Waals surface area contributed by atoms with E-state index in [1.165, 1.54) is 4.88 Å². The maximum atomic E-state index is 6.22. The average Bonchev–Trinajstić information content (AvgIpc) is 2.58. The summed E-state index contributed by atoms with van der Waals surface area (Å²) in [4.78, 5) is 5.70. The van der Waals surface area contributed by atoms with E-state index in [1.54, 1.807) is 11.3 Å². The Bertz CT molecular complexity index is 534. The molecule has 1 atom stereocenters. The van der Waals surface area contributed by atoms with Gasteiger partial charge in [-0.05, 0) is 31.5 Å². The molecular formula is C12H12BrClN2S. The molecule has 5 heteroatoms. The quantitative estimate of drug-likeness (QED) is 0.894. The third kappa shape index (κ3) is 2.71. The second-order valence-corrected chi connectivity index (χ2v) is 6.36. The molecule has 0 bridgehead atoms. The Balaban J connectivity index is 2.39. The van der Waals surface area contributed by atoms with Crippen LogP contribution >= 0.6 is 38.9 Å². The third-order valence-corrected chi connectivity index (χ3v) is 4.69. The number of hydrogen-bond donors (Lipinski definition) is 1. The third-order valence-electron chi connectivity index (χ3n) is 2.61. The predicted octanol–water partition coefficient (Wildman–Crippen LogP) is 4.22. The first-order chi connectivity index (χ1) is 7.99. The standard InChI is InChI=1S/C12H12BrClN2S/c1-6-7(2)17-12(16-6)11(15)9-4-3-8(14)5-10(9)13/h3-5,11H,15H2,1-2H3. The summed E-state index contributed by atoms with van der Waals surface area (Å²) >= 11 is 11.0. The molecule has 0 amide bonds. The average molecular weight is 332 g/mol. The van der Waals surface area contributed by atoms with Crippen molar-refractivity contribution in [3.8, 4) is 0 Å². The molecule has 0 aliphatic heterocycles. The topological polar surface area (TPSA) is 38.9 Å². The number of benzene rings is 1. The van der Waals surface area contributed by atoms with E-state index >= 15 is 0 Å². The van der Waals surface area contributed by atoms with E-state index in [4.69, 9.17) is 17.3 Å². The predicted molar refractivity (Wildman–Crippen MR) is 76.8 cm³/mol. The Hall–Kier alpha value is -0.420. The van der Waals surface area contributed by atoms with Gasteiger partial charge < -0.3 is 5.73 Å². The molecule has 1 heterocycles. The van der Waals surface area contributed by atoms with Gasteiger partial charge in [-0.25, -0.2) is 4.98 Å². The lowest BCUT2D eigenvalue weighted by molar-refractivity contribution is 0.847. The number of nitrogens with zero attached hydrogens (tertiary/aromatic N) is 1. The lowest BCUT2D eigenvalue weighted by Crippen LogP contribution is -2.12. The Kier molecular flexibility index (Phi) is 3.88. The normalized spacial score (nSPS) is 12.8. The van der Waals surface area contributed by atoms with Crippen molar-refractivity contribution in [2.45, 2.75) is 19.9 Å². The highest BCUT2D eigenvalue weighted by Crippen LogP contribution is 2.31. The van der Waals surface area contributed by atoms with Crippen LogP contribution in [0.3, 0.4) is 0 Å². The molecule has 0 aliphatic carbocycles. The minimum absolute atomic E-state index is 0.209. The highest BCUT2D eigenvalue weighted by Gasteiger charge is 2.16. The Labute approximate surface area is 118 Å². The fourth-order valence-corrected chi connectivity index (χ4v) is 3.39. The first-order valence-corrected chi connectivity index (χ1v) is 7.12. The second kappa shape index (κ2) is 5.06. The summed E-state index contributed by atoms with van der Waals surface area (Å²) in [5, 5.41) is 1.63. The van der Waals surface area contributed by atoms with Crippen molar-refractivity contribution in [3.63, 3.8) is 0 Å². The summed E-state index contributed by atoms with van der Waals surface area (Å²) in [5.74, 6) is 0. The molecular weight excluding hydrogens is 320 g/mol. The lowest BCUT2D eigenvalue weighted by Gasteiger charge is -2.11. The fourth-order valence-electron chi connectivity index (χ4n) is 1.52. The fraction of sp³-hybridized carbons (Fsp3) is 0.250. The molecule has 1 unspecified atom stereocenters. The number of nitrogens with two attached hydrogens (primary N) is 1. The van der Waals surface area contributed by atoms with Crippen molar-refractivity contribution in [3.05, 3.63) is 48.8 Å². The number of aromatic nitrogens is 1. The smallest absolute Gasteiger partial charge is 0.114 e. The molecule has 0 saturated heterocycles. The molecule has 0 saturated carbocycles. The molecule has 2 nitrogen and oxygen atoms in total. The molecule has 2 N–H and O–H groups in total. The number of thiazole rings is 1. The Morgan fingerprint density at radius 1 is 1.41 bits per heavy atom. The van der Waals surface area contributed by atoms with Crippen LogP contribution in [0.2, 0.25) is 5.02 Å². The summed E-state index contributed by atoms with van der Waals surface area (Å²) in [7, 11) is 0. The van der Waals surface area contributed by atoms with Crippen molar-refractivity contribution in [2.24, 2.45) is 5.73 Å². The highest BCUT2D eigenvalue weighted by atomic mass is 79.9. The summed E-state index contributed by atoms with van der Waals surface area (Å²) < 4.78 is 0.919. The number of hydrogen-bond acceptors (Lipinski definition) is 3. The minimum atomic E-state index is -0.209. The van der Waals surface area contributed by atoms with Gasteiger partial charge in [-0.2, -0.15) is 0 Å². The van der Waals surface area contributed by atoms with Gasteiger partial charge in [-0.15, -0.1) is 11.3 Å². The largest absolute Gasteiger partial charge is 0.318 e. The lowest BCUT2D eigenvalue weighted by atomic mass is 10.1. The van der Waals surface area contributed by atoms with Gasteiger partial charge in [0.05, 0.1) is 11.7 Å². The number of halogens is 2. The zero-order chi connectivity index (χ0) is 12.6. The Morgan fingerprint density at radius 2 is 2.12 bits per heavy atom. The summed E-state index contributed by atoms with van der Waals surface area (Å²) in [6.07, 6.45) is 0. The maximum absolute atomic E-state index is 6.22. The van der Waals surface area contributed by atoms with Crippen LogP contribution in [0.15, 0.2) is 22.7 Å². The van der Waals surface area contributed by atoms with Gasteiger partial charge >= 0.3 is 0 Å². The van der Waals surface area contributed by atoms with E-state index < -0.39 is 0 Å². The summed E-state index contributed by atoms with van der Waals surface area (Å²) in [6.45, 7) is 4.05. The van der Waals surface area contributed by atoms with Crippen molar-refractivity contribution < 1.29 is 0 Å². The van der Waals surface area contributed by atoms with Crippen LogP contribution in [0.4, 0.5) is 0 Å². The van der Waals surface area contributed by atoms with E-state index in [-0.39, 0.29) is 6.04 Å². The van der Waals surface area contributed by atoms with Crippen LogP contribution < -0.4 is 5.73 Å². The first kappa shape index (κ1) is 13.0. The zero-order valence-electron chi connectivity index (χ0n) is 9.50. The number of rotatable bonds is 2. The van der Waals surface area contributed by atoms with Gasteiger partial charge in [0.15, 0.2) is 0 Å². The van der Waals surface area contributed by atoms with Gasteiger partial charge in [-0.1, -0.05) is 33.6 Å². The molecule has 2 rings (SSSR count). The summed E-state index contributed by atoms with van der Waals surface area (Å²) in [6, 6.07) is 5.42. The van der Waals surface area contributed by atoms with E-state index in [9.17, 15) is 0 Å². The molecule has 17 heavy (non-hydrogen) atoms. The van der Waals surface area contributed by atoms with Crippen LogP contribution in [0, 0.1) is 13.8 Å². The molecule has 0 aliphatic rings. The minimum Gasteiger partial charge on any atom is -0.318 e. The molecule has 0 radical (unpaired) electrons. The van der Waals surface area contributed by atoms with E-state index in [2.05, 4.69) is 27.8 Å². The van der Waals surface area contributed by atoms with Crippen molar-refractivity contribution in [1.82, 2.24) is 4.98 Å². The van der Waals surface area contributed by atoms with Gasteiger partial charge in [0, 0.05) is 14.4 Å². The van der Waals surface area contributed by atoms with Crippen molar-refractivity contribution in [1.29, 1.82) is 0 Å². The van der Waals surface area contributed by atoms with Gasteiger partial charge in [0.25, 0.3) is 0 Å². The van der Waals surface area contributed by atoms with Crippen LogP contribution in [0.25, 0.3) is 0 Å². The van der Waals surface area contributed by atoms with Crippen LogP contribution in [0.5, 0.6) is 0 Å². The van der Waals surface area contributed by atoms with E-state index in [1.807, 2.05) is 25.1 Å². The molecule has 2 aromatic rings. The van der Waals surface area contributed by atoms with Crippen molar-refractivity contribution >= 4 is 38.9 Å². The van der Waals surface area contributed by atoms with E-state index in [0.29, 0.717) is 5.02 Å². The van der Waals surface area contributed by atoms with Gasteiger partial charge in [0.1, 0.15) is 5.01 Å². The second-order valence-electron chi connectivity index (χ2n) is 3.84. The monoisotopic (exact) mass is 330 g/mol. The SMILES string of the molecule is Cc1nc(C(N)c2ccc(Cl)cc2Br)sc1C. The highest BCUT2D eigenvalue weighted by molar-refractivity contribution is 9.10. The van der Waals surface area contributed by atoms with Crippen LogP contribution in [-0.4, -0.2) is 4.98 Å². The maximum Gasteiger partial charge on any atom is 0.114 e. The number of aryl methyl sites for hydroxylation is 2. The summed E-state index contributed by atoms with van der Waals surface area (Å²) in [5.41, 5.74) is 8.27. The van der Waals surface area contributed by atoms with Gasteiger partial charge in [-0.3, -0.25) is 0 Å². The molecule has 90 valence electrons. The van der Waals surface area contributed by atoms with Gasteiger partial charge in [0.2, 0.25) is 0 Å². The first-order valence-electron chi connectivity index (χ1n) is 5.13. The van der Waals surface area contributed by atoms with Crippen LogP contribution in [-0.2, 0) is 0 Å². The molecule has 1 aromatic carbocycles. The van der Waals surface area contributed by atoms with Crippen LogP contribution in [0.1, 0.15) is 27.2 Å². The molecule has 0 spiro atoms. The van der Waals surface area contributed by atoms with Crippen molar-refractivity contribution in [2.75, 3.05) is 0 Å². The van der Waals surface area contributed by atoms with E-state index in [0.717, 1.165) is 20.7 Å². The molecule has 0 fully saturated rings.